The van der Waals surface area contributed by atoms with Crippen LogP contribution in [-0.2, 0) is 24.4 Å². The van der Waals surface area contributed by atoms with Crippen molar-refractivity contribution in [2.45, 2.75) is 19.6 Å². The Hall–Kier alpha value is -3.04. The molecule has 0 aliphatic carbocycles. The molecule has 0 aromatic carbocycles. The molecule has 0 fully saturated rings. The maximum absolute atomic E-state index is 11.6. The molecule has 0 saturated carbocycles. The zero-order chi connectivity index (χ0) is 15.1. The first-order chi connectivity index (χ1) is 10.1. The third-order valence-electron chi connectivity index (χ3n) is 2.37. The number of hydrogen-bond acceptors (Lipinski definition) is 6. The minimum atomic E-state index is -1.01. The summed E-state index contributed by atoms with van der Waals surface area (Å²) in [6.07, 6.45) is 3.00. The van der Waals surface area contributed by atoms with Crippen LogP contribution in [-0.4, -0.2) is 42.3 Å². The molecule has 10 nitrogen and oxygen atoms in total. The Morgan fingerprint density at radius 2 is 1.95 bits per heavy atom. The van der Waals surface area contributed by atoms with Gasteiger partial charge in [-0.2, -0.15) is 10.2 Å². The molecule has 10 heteroatoms. The number of carboxylic acid groups (broad SMARTS) is 1. The maximum Gasteiger partial charge on any atom is 0.325 e. The summed E-state index contributed by atoms with van der Waals surface area (Å²) in [4.78, 5) is 22.0. The van der Waals surface area contributed by atoms with E-state index in [9.17, 15) is 9.59 Å². The number of rotatable bonds is 6. The number of amides is 2. The zero-order valence-corrected chi connectivity index (χ0v) is 10.9. The first-order valence-corrected chi connectivity index (χ1v) is 6.02. The van der Waals surface area contributed by atoms with Crippen molar-refractivity contribution in [2.75, 3.05) is 0 Å². The Bertz CT molecular complexity index is 613. The van der Waals surface area contributed by atoms with E-state index in [0.717, 1.165) is 0 Å². The number of urea groups is 1. The molecule has 2 amide bonds. The van der Waals surface area contributed by atoms with Crippen LogP contribution in [0.5, 0.6) is 0 Å². The standard InChI is InChI=1S/C11H13N7O3/c19-10(20)7-18-6-9(16-17-18)5-13-11(21)12-4-8-2-1-3-14-15-8/h1-3,6H,4-5,7H2,(H,19,20)(H2,12,13,21). The van der Waals surface area contributed by atoms with Crippen LogP contribution in [0, 0.1) is 0 Å². The molecule has 2 aromatic rings. The van der Waals surface area contributed by atoms with E-state index in [1.165, 1.54) is 10.9 Å². The molecule has 0 bridgehead atoms. The van der Waals surface area contributed by atoms with Gasteiger partial charge in [0.15, 0.2) is 0 Å². The summed E-state index contributed by atoms with van der Waals surface area (Å²) in [5.41, 5.74) is 1.10. The predicted molar refractivity (Wildman–Crippen MR) is 68.8 cm³/mol. The number of carboxylic acids is 1. The van der Waals surface area contributed by atoms with E-state index in [-0.39, 0.29) is 19.6 Å². The lowest BCUT2D eigenvalue weighted by atomic mass is 10.4. The molecule has 0 atom stereocenters. The predicted octanol–water partition coefficient (Wildman–Crippen LogP) is -0.848. The van der Waals surface area contributed by atoms with E-state index in [1.807, 2.05) is 0 Å². The summed E-state index contributed by atoms with van der Waals surface area (Å²) in [5, 5.41) is 28.7. The molecule has 0 radical (unpaired) electrons. The molecular formula is C11H13N7O3. The second kappa shape index (κ2) is 6.93. The number of aromatic nitrogens is 5. The lowest BCUT2D eigenvalue weighted by molar-refractivity contribution is -0.137. The Labute approximate surface area is 119 Å². The normalized spacial score (nSPS) is 10.1. The van der Waals surface area contributed by atoms with Gasteiger partial charge in [-0.3, -0.25) is 4.79 Å². The number of carbonyl (C=O) groups is 2. The Balaban J connectivity index is 1.73. The van der Waals surface area contributed by atoms with Crippen molar-refractivity contribution in [3.8, 4) is 0 Å². The molecule has 0 unspecified atom stereocenters. The quantitative estimate of drug-likeness (QED) is 0.631. The van der Waals surface area contributed by atoms with Crippen molar-refractivity contribution in [3.63, 3.8) is 0 Å². The topological polar surface area (TPSA) is 135 Å². The van der Waals surface area contributed by atoms with Crippen LogP contribution in [0.25, 0.3) is 0 Å². The van der Waals surface area contributed by atoms with Crippen molar-refractivity contribution in [1.82, 2.24) is 35.8 Å². The van der Waals surface area contributed by atoms with Gasteiger partial charge in [-0.05, 0) is 12.1 Å². The van der Waals surface area contributed by atoms with Crippen LogP contribution in [0.1, 0.15) is 11.4 Å². The van der Waals surface area contributed by atoms with Gasteiger partial charge in [0.1, 0.15) is 12.2 Å². The van der Waals surface area contributed by atoms with Crippen molar-refractivity contribution < 1.29 is 14.7 Å². The van der Waals surface area contributed by atoms with Crippen LogP contribution in [0.3, 0.4) is 0 Å². The number of carbonyl (C=O) groups excluding carboxylic acids is 1. The summed E-state index contributed by atoms with van der Waals surface area (Å²) < 4.78 is 1.18. The number of aliphatic carboxylic acids is 1. The smallest absolute Gasteiger partial charge is 0.325 e. The molecule has 2 rings (SSSR count). The summed E-state index contributed by atoms with van der Waals surface area (Å²) >= 11 is 0. The lowest BCUT2D eigenvalue weighted by Crippen LogP contribution is -2.34. The molecule has 0 aliphatic rings. The SMILES string of the molecule is O=C(O)Cn1cc(CNC(=O)NCc2cccnn2)nn1. The van der Waals surface area contributed by atoms with Crippen LogP contribution < -0.4 is 10.6 Å². The highest BCUT2D eigenvalue weighted by Gasteiger charge is 2.06. The van der Waals surface area contributed by atoms with Gasteiger partial charge in [0.2, 0.25) is 0 Å². The fraction of sp³-hybridized carbons (Fsp3) is 0.273. The average molecular weight is 291 g/mol. The Morgan fingerprint density at radius 3 is 2.62 bits per heavy atom. The minimum Gasteiger partial charge on any atom is -0.480 e. The molecule has 0 aliphatic heterocycles. The van der Waals surface area contributed by atoms with E-state index in [4.69, 9.17) is 5.11 Å². The third kappa shape index (κ3) is 4.86. The number of hydrogen-bond donors (Lipinski definition) is 3. The lowest BCUT2D eigenvalue weighted by Gasteiger charge is -2.05. The fourth-order valence-corrected chi connectivity index (χ4v) is 1.47. The highest BCUT2D eigenvalue weighted by molar-refractivity contribution is 5.73. The molecule has 2 aromatic heterocycles. The van der Waals surface area contributed by atoms with Crippen LogP contribution in [0.4, 0.5) is 4.79 Å². The second-order valence-electron chi connectivity index (χ2n) is 4.05. The summed E-state index contributed by atoms with van der Waals surface area (Å²) in [7, 11) is 0. The molecular weight excluding hydrogens is 278 g/mol. The van der Waals surface area contributed by atoms with Crippen LogP contribution >= 0.6 is 0 Å². The molecule has 0 saturated heterocycles. The fourth-order valence-electron chi connectivity index (χ4n) is 1.47. The maximum atomic E-state index is 11.6. The first-order valence-electron chi connectivity index (χ1n) is 6.02. The van der Waals surface area contributed by atoms with Crippen molar-refractivity contribution in [2.24, 2.45) is 0 Å². The average Bonchev–Trinajstić information content (AvgIpc) is 2.91. The van der Waals surface area contributed by atoms with E-state index >= 15 is 0 Å². The monoisotopic (exact) mass is 291 g/mol. The molecule has 21 heavy (non-hydrogen) atoms. The Morgan fingerprint density at radius 1 is 1.19 bits per heavy atom. The third-order valence-corrected chi connectivity index (χ3v) is 2.37. The van der Waals surface area contributed by atoms with Gasteiger partial charge in [0.05, 0.1) is 25.0 Å². The van der Waals surface area contributed by atoms with Gasteiger partial charge in [-0.25, -0.2) is 9.48 Å². The van der Waals surface area contributed by atoms with Crippen molar-refractivity contribution in [3.05, 3.63) is 35.9 Å². The summed E-state index contributed by atoms with van der Waals surface area (Å²) in [6.45, 7) is 0.128. The van der Waals surface area contributed by atoms with Gasteiger partial charge >= 0.3 is 12.0 Å². The van der Waals surface area contributed by atoms with Crippen LogP contribution in [0.15, 0.2) is 24.5 Å². The van der Waals surface area contributed by atoms with Crippen molar-refractivity contribution in [1.29, 1.82) is 0 Å². The van der Waals surface area contributed by atoms with E-state index in [0.29, 0.717) is 11.4 Å². The molecule has 3 N–H and O–H groups in total. The van der Waals surface area contributed by atoms with Gasteiger partial charge in [-0.15, -0.1) is 5.10 Å². The molecule has 110 valence electrons. The minimum absolute atomic E-state index is 0.145. The zero-order valence-electron chi connectivity index (χ0n) is 10.9. The number of nitrogens with zero attached hydrogens (tertiary/aromatic N) is 5. The molecule has 2 heterocycles. The van der Waals surface area contributed by atoms with Gasteiger partial charge in [-0.1, -0.05) is 5.21 Å². The largest absolute Gasteiger partial charge is 0.480 e. The highest BCUT2D eigenvalue weighted by atomic mass is 16.4. The second-order valence-corrected chi connectivity index (χ2v) is 4.05. The van der Waals surface area contributed by atoms with Gasteiger partial charge in [0.25, 0.3) is 0 Å². The van der Waals surface area contributed by atoms with E-state index < -0.39 is 12.0 Å². The van der Waals surface area contributed by atoms with E-state index in [1.54, 1.807) is 18.3 Å². The van der Waals surface area contributed by atoms with E-state index in [2.05, 4.69) is 31.1 Å². The Kier molecular flexibility index (Phi) is 4.75. The summed E-state index contributed by atoms with van der Waals surface area (Å²) in [6, 6.07) is 3.07. The van der Waals surface area contributed by atoms with Gasteiger partial charge < -0.3 is 15.7 Å². The summed E-state index contributed by atoms with van der Waals surface area (Å²) in [5.74, 6) is -1.01. The highest BCUT2D eigenvalue weighted by Crippen LogP contribution is 1.93. The number of nitrogens with one attached hydrogen (secondary N) is 2. The molecule has 0 spiro atoms. The van der Waals surface area contributed by atoms with Crippen molar-refractivity contribution >= 4 is 12.0 Å². The first kappa shape index (κ1) is 14.4. The van der Waals surface area contributed by atoms with Gasteiger partial charge in [0, 0.05) is 6.20 Å². The van der Waals surface area contributed by atoms with Crippen LogP contribution in [0.2, 0.25) is 0 Å².